The maximum absolute atomic E-state index is 13.2. The molecule has 0 aromatic heterocycles. The first kappa shape index (κ1) is 21.0. The van der Waals surface area contributed by atoms with Gasteiger partial charge < -0.3 is 5.11 Å². The second-order valence-corrected chi connectivity index (χ2v) is 9.26. The van der Waals surface area contributed by atoms with E-state index in [-0.39, 0.29) is 33.6 Å². The van der Waals surface area contributed by atoms with Crippen LogP contribution in [0, 0.1) is 5.92 Å². The number of hydrogen-bond donors (Lipinski definition) is 1. The first-order valence-electron chi connectivity index (χ1n) is 8.61. The van der Waals surface area contributed by atoms with E-state index >= 15 is 0 Å². The van der Waals surface area contributed by atoms with E-state index in [4.69, 9.17) is 11.6 Å². The molecule has 0 saturated heterocycles. The van der Waals surface area contributed by atoms with E-state index in [0.29, 0.717) is 6.92 Å². The van der Waals surface area contributed by atoms with Crippen molar-refractivity contribution in [3.63, 3.8) is 0 Å². The monoisotopic (exact) mass is 433 g/mol. The van der Waals surface area contributed by atoms with Crippen LogP contribution in [0.15, 0.2) is 53.4 Å². The summed E-state index contributed by atoms with van der Waals surface area (Å²) in [4.78, 5) is -0.0660. The third kappa shape index (κ3) is 3.99. The lowest BCUT2D eigenvalue weighted by Gasteiger charge is -2.28. The fourth-order valence-corrected chi connectivity index (χ4v) is 4.80. The summed E-state index contributed by atoms with van der Waals surface area (Å²) in [5.41, 5.74) is -3.19. The molecule has 0 radical (unpaired) electrons. The average Bonchev–Trinajstić information content (AvgIpc) is 3.43. The number of aliphatic hydroxyl groups is 1. The number of anilines is 1. The highest BCUT2D eigenvalue weighted by Crippen LogP contribution is 2.40. The number of halogens is 4. The van der Waals surface area contributed by atoms with Gasteiger partial charge in [-0.1, -0.05) is 35.9 Å². The van der Waals surface area contributed by atoms with Crippen molar-refractivity contribution in [1.82, 2.24) is 0 Å². The van der Waals surface area contributed by atoms with Crippen molar-refractivity contribution in [2.45, 2.75) is 36.4 Å². The molecule has 0 heterocycles. The molecule has 1 unspecified atom stereocenters. The Balaban J connectivity index is 2.00. The number of rotatable bonds is 6. The molecule has 1 aliphatic rings. The summed E-state index contributed by atoms with van der Waals surface area (Å²) in [5.74, 6) is 0.190. The van der Waals surface area contributed by atoms with E-state index in [1.54, 1.807) is 12.1 Å². The van der Waals surface area contributed by atoms with E-state index < -0.39 is 21.8 Å². The van der Waals surface area contributed by atoms with Gasteiger partial charge in [0, 0.05) is 6.54 Å². The summed E-state index contributed by atoms with van der Waals surface area (Å²) in [7, 11) is -4.00. The fourth-order valence-electron chi connectivity index (χ4n) is 2.77. The molecule has 0 amide bonds. The maximum atomic E-state index is 13.2. The van der Waals surface area contributed by atoms with Crippen LogP contribution in [0.3, 0.4) is 0 Å². The van der Waals surface area contributed by atoms with Crippen LogP contribution in [0.4, 0.5) is 18.9 Å². The minimum Gasteiger partial charge on any atom is -0.376 e. The molecule has 0 spiro atoms. The van der Waals surface area contributed by atoms with E-state index in [1.807, 2.05) is 0 Å². The second kappa shape index (κ2) is 7.24. The van der Waals surface area contributed by atoms with Crippen LogP contribution in [0.2, 0.25) is 5.02 Å². The van der Waals surface area contributed by atoms with Gasteiger partial charge >= 0.3 is 6.18 Å². The van der Waals surface area contributed by atoms with Crippen LogP contribution in [0.5, 0.6) is 0 Å². The summed E-state index contributed by atoms with van der Waals surface area (Å²) in [5, 5.41) is 9.88. The predicted octanol–water partition coefficient (Wildman–Crippen LogP) is 4.72. The van der Waals surface area contributed by atoms with Crippen LogP contribution in [-0.4, -0.2) is 26.2 Å². The van der Waals surface area contributed by atoms with Gasteiger partial charge in [-0.3, -0.25) is 4.31 Å². The molecule has 4 nitrogen and oxygen atoms in total. The van der Waals surface area contributed by atoms with Gasteiger partial charge in [0.15, 0.2) is 5.60 Å². The van der Waals surface area contributed by atoms with Crippen molar-refractivity contribution < 1.29 is 26.7 Å². The Labute approximate surface area is 166 Å². The molecule has 152 valence electrons. The lowest BCUT2D eigenvalue weighted by atomic mass is 9.95. The third-order valence-electron chi connectivity index (χ3n) is 4.80. The van der Waals surface area contributed by atoms with Crippen molar-refractivity contribution in [3.05, 3.63) is 59.1 Å². The van der Waals surface area contributed by atoms with Gasteiger partial charge in [-0.25, -0.2) is 8.42 Å². The molecule has 1 fully saturated rings. The standard InChI is InChI=1S/C19H19ClF3NO3S/c1-18(25,19(21,22)23)14-8-10-15(11-9-14)24(12-13-6-7-13)28(26,27)17-5-3-2-4-16(17)20/h2-5,8-11,13,25H,6-7,12H2,1H3. The molecule has 1 atom stereocenters. The van der Waals surface area contributed by atoms with E-state index in [0.717, 1.165) is 29.3 Å². The first-order valence-corrected chi connectivity index (χ1v) is 10.4. The summed E-state index contributed by atoms with van der Waals surface area (Å²) in [6, 6.07) is 10.7. The van der Waals surface area contributed by atoms with E-state index in [2.05, 4.69) is 0 Å². The van der Waals surface area contributed by atoms with Gasteiger partial charge in [-0.2, -0.15) is 13.2 Å². The van der Waals surface area contributed by atoms with Crippen molar-refractivity contribution in [2.24, 2.45) is 5.92 Å². The number of benzene rings is 2. The summed E-state index contributed by atoms with van der Waals surface area (Å²) in [6.07, 6.45) is -3.09. The maximum Gasteiger partial charge on any atom is 0.421 e. The molecule has 3 rings (SSSR count). The molecule has 28 heavy (non-hydrogen) atoms. The van der Waals surface area contributed by atoms with Gasteiger partial charge in [-0.05, 0) is 55.5 Å². The molecule has 2 aromatic rings. The summed E-state index contributed by atoms with van der Waals surface area (Å²) >= 11 is 6.06. The highest BCUT2D eigenvalue weighted by atomic mass is 35.5. The Kier molecular flexibility index (Phi) is 5.42. The van der Waals surface area contributed by atoms with Gasteiger partial charge in [0.05, 0.1) is 10.7 Å². The molecule has 0 bridgehead atoms. The highest BCUT2D eigenvalue weighted by Gasteiger charge is 2.51. The molecular weight excluding hydrogens is 415 g/mol. The molecule has 2 aromatic carbocycles. The smallest absolute Gasteiger partial charge is 0.376 e. The van der Waals surface area contributed by atoms with Gasteiger partial charge in [0.25, 0.3) is 10.0 Å². The lowest BCUT2D eigenvalue weighted by Crippen LogP contribution is -2.39. The zero-order valence-corrected chi connectivity index (χ0v) is 16.5. The van der Waals surface area contributed by atoms with Crippen LogP contribution in [0.25, 0.3) is 0 Å². The molecule has 1 aliphatic carbocycles. The van der Waals surface area contributed by atoms with E-state index in [9.17, 15) is 26.7 Å². The van der Waals surface area contributed by atoms with Crippen LogP contribution in [0.1, 0.15) is 25.3 Å². The van der Waals surface area contributed by atoms with Gasteiger partial charge in [0.2, 0.25) is 0 Å². The molecule has 1 N–H and O–H groups in total. The van der Waals surface area contributed by atoms with Gasteiger partial charge in [0.1, 0.15) is 4.90 Å². The molecule has 0 aliphatic heterocycles. The molecule has 9 heteroatoms. The predicted molar refractivity (Wildman–Crippen MR) is 101 cm³/mol. The van der Waals surface area contributed by atoms with Crippen molar-refractivity contribution in [3.8, 4) is 0 Å². The largest absolute Gasteiger partial charge is 0.421 e. The zero-order valence-electron chi connectivity index (χ0n) is 14.9. The highest BCUT2D eigenvalue weighted by molar-refractivity contribution is 7.93. The average molecular weight is 434 g/mol. The Morgan fingerprint density at radius 2 is 1.68 bits per heavy atom. The van der Waals surface area contributed by atoms with Crippen molar-refractivity contribution in [2.75, 3.05) is 10.8 Å². The number of alkyl halides is 3. The fraction of sp³-hybridized carbons (Fsp3) is 0.368. The van der Waals surface area contributed by atoms with Gasteiger partial charge in [-0.15, -0.1) is 0 Å². The second-order valence-electron chi connectivity index (χ2n) is 7.03. The van der Waals surface area contributed by atoms with Crippen LogP contribution >= 0.6 is 11.6 Å². The van der Waals surface area contributed by atoms with Crippen molar-refractivity contribution in [1.29, 1.82) is 0 Å². The van der Waals surface area contributed by atoms with Crippen LogP contribution in [-0.2, 0) is 15.6 Å². The minimum atomic E-state index is -4.86. The van der Waals surface area contributed by atoms with Crippen LogP contribution < -0.4 is 4.31 Å². The SMILES string of the molecule is CC(O)(c1ccc(N(CC2CC2)S(=O)(=O)c2ccccc2Cl)cc1)C(F)(F)F. The number of sulfonamides is 1. The Bertz CT molecular complexity index is 955. The lowest BCUT2D eigenvalue weighted by molar-refractivity contribution is -0.258. The summed E-state index contributed by atoms with van der Waals surface area (Å²) < 4.78 is 66.6. The topological polar surface area (TPSA) is 57.6 Å². The quantitative estimate of drug-likeness (QED) is 0.717. The zero-order chi connectivity index (χ0) is 20.7. The molecular formula is C19H19ClF3NO3S. The minimum absolute atomic E-state index is 0.0660. The first-order chi connectivity index (χ1) is 12.9. The van der Waals surface area contributed by atoms with Crippen molar-refractivity contribution >= 4 is 27.3 Å². The summed E-state index contributed by atoms with van der Waals surface area (Å²) in [6.45, 7) is 0.868. The normalized spacial score (nSPS) is 17.2. The Hall–Kier alpha value is -1.77. The molecule has 1 saturated carbocycles. The number of nitrogens with zero attached hydrogens (tertiary/aromatic N) is 1. The number of hydrogen-bond acceptors (Lipinski definition) is 3. The Morgan fingerprint density at radius 1 is 1.11 bits per heavy atom. The Morgan fingerprint density at radius 3 is 2.18 bits per heavy atom. The third-order valence-corrected chi connectivity index (χ3v) is 7.09. The van der Waals surface area contributed by atoms with E-state index in [1.165, 1.54) is 24.3 Å².